The van der Waals surface area contributed by atoms with Crippen LogP contribution in [0.3, 0.4) is 0 Å². The maximum Gasteiger partial charge on any atom is 0.193 e. The number of nitrogens with zero attached hydrogens (tertiary/aromatic N) is 3. The van der Waals surface area contributed by atoms with Crippen molar-refractivity contribution in [2.24, 2.45) is 10.9 Å². The first-order valence-electron chi connectivity index (χ1n) is 9.48. The van der Waals surface area contributed by atoms with Crippen molar-refractivity contribution >= 4 is 29.9 Å². The molecule has 0 aromatic heterocycles. The highest BCUT2D eigenvalue weighted by atomic mass is 127. The zero-order valence-electron chi connectivity index (χ0n) is 16.1. The fourth-order valence-corrected chi connectivity index (χ4v) is 3.51. The number of likely N-dealkylation sites (tertiary alicyclic amines) is 1. The van der Waals surface area contributed by atoms with E-state index in [0.29, 0.717) is 0 Å². The predicted molar refractivity (Wildman–Crippen MR) is 119 cm³/mol. The maximum atomic E-state index is 4.49. The van der Waals surface area contributed by atoms with Crippen molar-refractivity contribution in [2.75, 3.05) is 46.3 Å². The Morgan fingerprint density at radius 3 is 2.60 bits per heavy atom. The van der Waals surface area contributed by atoms with Crippen molar-refractivity contribution in [2.45, 2.75) is 33.1 Å². The van der Waals surface area contributed by atoms with E-state index < -0.39 is 0 Å². The van der Waals surface area contributed by atoms with Gasteiger partial charge in [0.05, 0.1) is 0 Å². The van der Waals surface area contributed by atoms with Crippen LogP contribution >= 0.6 is 24.0 Å². The van der Waals surface area contributed by atoms with Crippen LogP contribution < -0.4 is 5.32 Å². The SMILES string of the molecule is CCN(CC)CCCNC(=NC)N1CCC(Cc2ccccc2)C1.I. The van der Waals surface area contributed by atoms with Crippen molar-refractivity contribution in [3.63, 3.8) is 0 Å². The van der Waals surface area contributed by atoms with E-state index in [9.17, 15) is 0 Å². The van der Waals surface area contributed by atoms with E-state index in [1.54, 1.807) is 0 Å². The largest absolute Gasteiger partial charge is 0.356 e. The molecule has 0 aliphatic carbocycles. The molecule has 0 saturated carbocycles. The normalized spacial score (nSPS) is 17.7. The number of benzene rings is 1. The second kappa shape index (κ2) is 12.5. The minimum atomic E-state index is 0. The van der Waals surface area contributed by atoms with Gasteiger partial charge in [0.15, 0.2) is 5.96 Å². The summed E-state index contributed by atoms with van der Waals surface area (Å²) in [6.45, 7) is 11.1. The third-order valence-electron chi connectivity index (χ3n) is 4.99. The van der Waals surface area contributed by atoms with Gasteiger partial charge >= 0.3 is 0 Å². The molecule has 2 rings (SSSR count). The molecule has 25 heavy (non-hydrogen) atoms. The van der Waals surface area contributed by atoms with Crippen LogP contribution in [0.5, 0.6) is 0 Å². The van der Waals surface area contributed by atoms with Crippen LogP contribution in [0.4, 0.5) is 0 Å². The lowest BCUT2D eigenvalue weighted by molar-refractivity contribution is 0.299. The molecule has 1 aromatic carbocycles. The molecule has 1 fully saturated rings. The summed E-state index contributed by atoms with van der Waals surface area (Å²) in [6.07, 6.45) is 3.60. The van der Waals surface area contributed by atoms with Gasteiger partial charge in [0.2, 0.25) is 0 Å². The van der Waals surface area contributed by atoms with Crippen LogP contribution in [0.25, 0.3) is 0 Å². The Bertz CT molecular complexity index is 488. The smallest absolute Gasteiger partial charge is 0.193 e. The standard InChI is InChI=1S/C20H34N4.HI/c1-4-23(5-2)14-9-13-22-20(21-3)24-15-12-19(17-24)16-18-10-7-6-8-11-18;/h6-8,10-11,19H,4-5,9,12-17H2,1-3H3,(H,21,22);1H. The average molecular weight is 458 g/mol. The van der Waals surface area contributed by atoms with Gasteiger partial charge in [0.1, 0.15) is 0 Å². The molecule has 1 unspecified atom stereocenters. The third-order valence-corrected chi connectivity index (χ3v) is 4.99. The van der Waals surface area contributed by atoms with E-state index in [-0.39, 0.29) is 24.0 Å². The molecule has 5 heteroatoms. The van der Waals surface area contributed by atoms with Gasteiger partial charge in [-0.3, -0.25) is 4.99 Å². The summed E-state index contributed by atoms with van der Waals surface area (Å²) in [6, 6.07) is 10.8. The lowest BCUT2D eigenvalue weighted by Crippen LogP contribution is -2.41. The summed E-state index contributed by atoms with van der Waals surface area (Å²) in [7, 11) is 1.90. The topological polar surface area (TPSA) is 30.9 Å². The molecule has 1 aromatic rings. The Kier molecular flexibility index (Phi) is 11.1. The van der Waals surface area contributed by atoms with E-state index in [2.05, 4.69) is 64.3 Å². The van der Waals surface area contributed by atoms with Crippen LogP contribution in [-0.2, 0) is 6.42 Å². The highest BCUT2D eigenvalue weighted by molar-refractivity contribution is 14.0. The van der Waals surface area contributed by atoms with Crippen LogP contribution in [0.2, 0.25) is 0 Å². The number of hydrogen-bond donors (Lipinski definition) is 1. The minimum absolute atomic E-state index is 0. The second-order valence-corrected chi connectivity index (χ2v) is 6.64. The molecule has 1 atom stereocenters. The first-order valence-corrected chi connectivity index (χ1v) is 9.48. The number of rotatable bonds is 8. The Morgan fingerprint density at radius 1 is 1.24 bits per heavy atom. The van der Waals surface area contributed by atoms with Crippen molar-refractivity contribution in [1.82, 2.24) is 15.1 Å². The number of nitrogens with one attached hydrogen (secondary N) is 1. The molecule has 1 saturated heterocycles. The van der Waals surface area contributed by atoms with Gasteiger partial charge in [-0.05, 0) is 50.4 Å². The van der Waals surface area contributed by atoms with E-state index in [1.165, 1.54) is 24.8 Å². The lowest BCUT2D eigenvalue weighted by Gasteiger charge is -2.23. The molecule has 4 nitrogen and oxygen atoms in total. The van der Waals surface area contributed by atoms with Gasteiger partial charge < -0.3 is 15.1 Å². The summed E-state index contributed by atoms with van der Waals surface area (Å²) >= 11 is 0. The maximum absolute atomic E-state index is 4.49. The summed E-state index contributed by atoms with van der Waals surface area (Å²) < 4.78 is 0. The van der Waals surface area contributed by atoms with E-state index in [4.69, 9.17) is 0 Å². The molecule has 0 radical (unpaired) electrons. The number of halogens is 1. The van der Waals surface area contributed by atoms with Crippen LogP contribution in [-0.4, -0.2) is 62.1 Å². The zero-order chi connectivity index (χ0) is 17.2. The second-order valence-electron chi connectivity index (χ2n) is 6.64. The summed E-state index contributed by atoms with van der Waals surface area (Å²) in [5, 5.41) is 3.55. The zero-order valence-corrected chi connectivity index (χ0v) is 18.4. The fraction of sp³-hybridized carbons (Fsp3) is 0.650. The highest BCUT2D eigenvalue weighted by Gasteiger charge is 2.24. The number of hydrogen-bond acceptors (Lipinski definition) is 2. The first kappa shape index (κ1) is 22.2. The molecule has 0 amide bonds. The van der Waals surface area contributed by atoms with E-state index in [0.717, 1.165) is 51.1 Å². The van der Waals surface area contributed by atoms with Gasteiger partial charge in [-0.2, -0.15) is 0 Å². The summed E-state index contributed by atoms with van der Waals surface area (Å²) in [5.74, 6) is 1.81. The highest BCUT2D eigenvalue weighted by Crippen LogP contribution is 2.20. The van der Waals surface area contributed by atoms with E-state index >= 15 is 0 Å². The van der Waals surface area contributed by atoms with Gasteiger partial charge in [0.25, 0.3) is 0 Å². The fourth-order valence-electron chi connectivity index (χ4n) is 3.51. The molecule has 1 aliphatic heterocycles. The van der Waals surface area contributed by atoms with Crippen molar-refractivity contribution in [3.8, 4) is 0 Å². The molecule has 1 N–H and O–H groups in total. The summed E-state index contributed by atoms with van der Waals surface area (Å²) in [4.78, 5) is 9.38. The van der Waals surface area contributed by atoms with Gasteiger partial charge in [0, 0.05) is 26.7 Å². The lowest BCUT2D eigenvalue weighted by atomic mass is 9.99. The molecular formula is C20H35IN4. The number of aliphatic imine (C=N–C) groups is 1. The van der Waals surface area contributed by atoms with Crippen LogP contribution in [0.15, 0.2) is 35.3 Å². The monoisotopic (exact) mass is 458 g/mol. The van der Waals surface area contributed by atoms with E-state index in [1.807, 2.05) is 7.05 Å². The average Bonchev–Trinajstić information content (AvgIpc) is 3.07. The Balaban J connectivity index is 0.00000312. The van der Waals surface area contributed by atoms with Crippen molar-refractivity contribution in [3.05, 3.63) is 35.9 Å². The molecule has 0 spiro atoms. The predicted octanol–water partition coefficient (Wildman–Crippen LogP) is 3.48. The Morgan fingerprint density at radius 2 is 1.96 bits per heavy atom. The molecule has 1 aliphatic rings. The van der Waals surface area contributed by atoms with Crippen molar-refractivity contribution < 1.29 is 0 Å². The van der Waals surface area contributed by atoms with Gasteiger partial charge in [-0.25, -0.2) is 0 Å². The quantitative estimate of drug-likeness (QED) is 0.280. The number of guanidine groups is 1. The van der Waals surface area contributed by atoms with Crippen LogP contribution in [0.1, 0.15) is 32.3 Å². The van der Waals surface area contributed by atoms with Crippen LogP contribution in [0, 0.1) is 5.92 Å². The Labute approximate surface area is 171 Å². The minimum Gasteiger partial charge on any atom is -0.356 e. The summed E-state index contributed by atoms with van der Waals surface area (Å²) in [5.41, 5.74) is 1.45. The van der Waals surface area contributed by atoms with Gasteiger partial charge in [-0.15, -0.1) is 24.0 Å². The Hall–Kier alpha value is -0.820. The van der Waals surface area contributed by atoms with Gasteiger partial charge in [-0.1, -0.05) is 44.2 Å². The molecule has 142 valence electrons. The molecule has 0 bridgehead atoms. The molecule has 1 heterocycles. The third kappa shape index (κ3) is 7.52. The molecular weight excluding hydrogens is 423 g/mol. The van der Waals surface area contributed by atoms with Crippen molar-refractivity contribution in [1.29, 1.82) is 0 Å². The first-order chi connectivity index (χ1) is 11.8.